The lowest BCUT2D eigenvalue weighted by molar-refractivity contribution is 0.857. The van der Waals surface area contributed by atoms with E-state index in [0.29, 0.717) is 0 Å². The molecule has 2 aromatic heterocycles. The van der Waals surface area contributed by atoms with Crippen LogP contribution in [-0.4, -0.2) is 19.8 Å². The molecule has 56 valence electrons. The van der Waals surface area contributed by atoms with E-state index in [9.17, 15) is 0 Å². The van der Waals surface area contributed by atoms with Crippen LogP contribution < -0.4 is 0 Å². The number of aryl methyl sites for hydroxylation is 1. The van der Waals surface area contributed by atoms with Gasteiger partial charge in [-0.25, -0.2) is 4.52 Å². The van der Waals surface area contributed by atoms with Crippen LogP contribution >= 0.6 is 0 Å². The van der Waals surface area contributed by atoms with Crippen molar-refractivity contribution in [2.24, 2.45) is 0 Å². The standard InChI is InChI=1S/C7H8N4/c1-2-6-3-4-7-9-8-5-11(7)10-6/h3-5H,2H2,1H3. The molecule has 0 spiro atoms. The monoisotopic (exact) mass is 148 g/mol. The van der Waals surface area contributed by atoms with Crippen molar-refractivity contribution in [1.29, 1.82) is 0 Å². The van der Waals surface area contributed by atoms with Gasteiger partial charge in [0.1, 0.15) is 6.33 Å². The Labute approximate surface area is 63.9 Å². The fraction of sp³-hybridized carbons (Fsp3) is 0.286. The van der Waals surface area contributed by atoms with E-state index < -0.39 is 0 Å². The van der Waals surface area contributed by atoms with Crippen molar-refractivity contribution in [1.82, 2.24) is 19.8 Å². The molecule has 11 heavy (non-hydrogen) atoms. The van der Waals surface area contributed by atoms with Gasteiger partial charge in [-0.05, 0) is 18.6 Å². The van der Waals surface area contributed by atoms with Crippen LogP contribution in [0.5, 0.6) is 0 Å². The Bertz CT molecular complexity index is 365. The normalized spacial score (nSPS) is 10.6. The predicted molar refractivity (Wildman–Crippen MR) is 40.2 cm³/mol. The molecule has 0 unspecified atom stereocenters. The van der Waals surface area contributed by atoms with Crippen LogP contribution in [0.4, 0.5) is 0 Å². The quantitative estimate of drug-likeness (QED) is 0.597. The zero-order valence-electron chi connectivity index (χ0n) is 6.23. The highest BCUT2D eigenvalue weighted by atomic mass is 15.3. The SMILES string of the molecule is CCc1ccc2nncn2n1. The maximum Gasteiger partial charge on any atom is 0.177 e. The number of hydrogen-bond acceptors (Lipinski definition) is 3. The highest BCUT2D eigenvalue weighted by Crippen LogP contribution is 1.98. The molecule has 4 nitrogen and oxygen atoms in total. The van der Waals surface area contributed by atoms with E-state index in [2.05, 4.69) is 22.2 Å². The van der Waals surface area contributed by atoms with Crippen LogP contribution in [0.15, 0.2) is 18.5 Å². The molecule has 0 bridgehead atoms. The Morgan fingerprint density at radius 1 is 1.45 bits per heavy atom. The molecule has 0 radical (unpaired) electrons. The molecule has 2 rings (SSSR count). The summed E-state index contributed by atoms with van der Waals surface area (Å²) in [6.07, 6.45) is 2.54. The first-order valence-corrected chi connectivity index (χ1v) is 3.56. The molecule has 0 amide bonds. The summed E-state index contributed by atoms with van der Waals surface area (Å²) in [5, 5.41) is 11.8. The molecular weight excluding hydrogens is 140 g/mol. The fourth-order valence-corrected chi connectivity index (χ4v) is 0.957. The maximum absolute atomic E-state index is 4.25. The minimum atomic E-state index is 0.794. The summed E-state index contributed by atoms with van der Waals surface area (Å²) < 4.78 is 1.68. The topological polar surface area (TPSA) is 43.1 Å². The van der Waals surface area contributed by atoms with Crippen LogP contribution in [0.1, 0.15) is 12.6 Å². The summed E-state index contributed by atoms with van der Waals surface area (Å²) in [5.41, 5.74) is 1.85. The number of fused-ring (bicyclic) bond motifs is 1. The molecule has 0 saturated heterocycles. The molecule has 0 aromatic carbocycles. The molecule has 0 N–H and O–H groups in total. The van der Waals surface area contributed by atoms with E-state index in [4.69, 9.17) is 0 Å². The number of aromatic nitrogens is 4. The summed E-state index contributed by atoms with van der Waals surface area (Å²) in [6, 6.07) is 3.88. The molecule has 0 fully saturated rings. The van der Waals surface area contributed by atoms with Gasteiger partial charge in [0.25, 0.3) is 0 Å². The van der Waals surface area contributed by atoms with Crippen molar-refractivity contribution < 1.29 is 0 Å². The third-order valence-electron chi connectivity index (χ3n) is 1.58. The van der Waals surface area contributed by atoms with Crippen molar-refractivity contribution in [2.75, 3.05) is 0 Å². The Morgan fingerprint density at radius 3 is 3.18 bits per heavy atom. The average Bonchev–Trinajstić information content (AvgIpc) is 2.50. The lowest BCUT2D eigenvalue weighted by Crippen LogP contribution is -1.94. The molecule has 0 aliphatic heterocycles. The molecule has 2 heterocycles. The third-order valence-corrected chi connectivity index (χ3v) is 1.58. The van der Waals surface area contributed by atoms with E-state index in [1.54, 1.807) is 10.8 Å². The van der Waals surface area contributed by atoms with Crippen LogP contribution in [0, 0.1) is 0 Å². The zero-order chi connectivity index (χ0) is 7.68. The number of nitrogens with zero attached hydrogens (tertiary/aromatic N) is 4. The van der Waals surface area contributed by atoms with Gasteiger partial charge in [-0.2, -0.15) is 5.10 Å². The lowest BCUT2D eigenvalue weighted by Gasteiger charge is -1.94. The zero-order valence-corrected chi connectivity index (χ0v) is 6.23. The van der Waals surface area contributed by atoms with Gasteiger partial charge < -0.3 is 0 Å². The van der Waals surface area contributed by atoms with Crippen molar-refractivity contribution in [2.45, 2.75) is 13.3 Å². The summed E-state index contributed by atoms with van der Waals surface area (Å²) in [6.45, 7) is 2.07. The van der Waals surface area contributed by atoms with Crippen LogP contribution in [0.25, 0.3) is 5.65 Å². The first-order chi connectivity index (χ1) is 5.40. The van der Waals surface area contributed by atoms with Crippen molar-refractivity contribution in [3.8, 4) is 0 Å². The second-order valence-corrected chi connectivity index (χ2v) is 2.31. The second kappa shape index (κ2) is 2.30. The summed E-state index contributed by atoms with van der Waals surface area (Å²) in [5.74, 6) is 0. The van der Waals surface area contributed by atoms with Crippen molar-refractivity contribution in [3.63, 3.8) is 0 Å². The molecule has 0 saturated carbocycles. The van der Waals surface area contributed by atoms with Gasteiger partial charge in [0.2, 0.25) is 0 Å². The fourth-order valence-electron chi connectivity index (χ4n) is 0.957. The molecule has 0 aliphatic carbocycles. The summed E-state index contributed by atoms with van der Waals surface area (Å²) >= 11 is 0. The highest BCUT2D eigenvalue weighted by molar-refractivity contribution is 5.34. The third kappa shape index (κ3) is 0.960. The average molecular weight is 148 g/mol. The maximum atomic E-state index is 4.25. The van der Waals surface area contributed by atoms with Gasteiger partial charge in [-0.1, -0.05) is 6.92 Å². The first-order valence-electron chi connectivity index (χ1n) is 3.56. The van der Waals surface area contributed by atoms with Gasteiger partial charge in [-0.3, -0.25) is 0 Å². The van der Waals surface area contributed by atoms with Gasteiger partial charge in [0.05, 0.1) is 5.69 Å². The number of rotatable bonds is 1. The largest absolute Gasteiger partial charge is 0.200 e. The van der Waals surface area contributed by atoms with Crippen molar-refractivity contribution in [3.05, 3.63) is 24.2 Å². The van der Waals surface area contributed by atoms with E-state index in [1.807, 2.05) is 12.1 Å². The van der Waals surface area contributed by atoms with Crippen molar-refractivity contribution >= 4 is 5.65 Å². The lowest BCUT2D eigenvalue weighted by atomic mass is 10.3. The van der Waals surface area contributed by atoms with Crippen LogP contribution in [0.3, 0.4) is 0 Å². The Morgan fingerprint density at radius 2 is 2.36 bits per heavy atom. The Balaban J connectivity index is 2.67. The molecule has 4 heteroatoms. The van der Waals surface area contributed by atoms with Gasteiger partial charge >= 0.3 is 0 Å². The van der Waals surface area contributed by atoms with Crippen LogP contribution in [0.2, 0.25) is 0 Å². The first kappa shape index (κ1) is 6.27. The molecule has 0 aliphatic rings. The van der Waals surface area contributed by atoms with Gasteiger partial charge in [0, 0.05) is 0 Å². The van der Waals surface area contributed by atoms with E-state index >= 15 is 0 Å². The summed E-state index contributed by atoms with van der Waals surface area (Å²) in [7, 11) is 0. The summed E-state index contributed by atoms with van der Waals surface area (Å²) in [4.78, 5) is 0. The van der Waals surface area contributed by atoms with Gasteiger partial charge in [-0.15, -0.1) is 10.2 Å². The van der Waals surface area contributed by atoms with E-state index in [0.717, 1.165) is 17.8 Å². The highest BCUT2D eigenvalue weighted by Gasteiger charge is 1.95. The molecular formula is C7H8N4. The minimum absolute atomic E-state index is 0.794. The predicted octanol–water partition coefficient (Wildman–Crippen LogP) is 0.687. The Hall–Kier alpha value is -1.45. The number of hydrogen-bond donors (Lipinski definition) is 0. The van der Waals surface area contributed by atoms with Gasteiger partial charge in [0.15, 0.2) is 5.65 Å². The minimum Gasteiger partial charge on any atom is -0.200 e. The van der Waals surface area contributed by atoms with E-state index in [1.165, 1.54) is 0 Å². The molecule has 2 aromatic rings. The smallest absolute Gasteiger partial charge is 0.177 e. The van der Waals surface area contributed by atoms with Crippen LogP contribution in [-0.2, 0) is 6.42 Å². The van der Waals surface area contributed by atoms with E-state index in [-0.39, 0.29) is 0 Å². The Kier molecular flexibility index (Phi) is 1.31. The second-order valence-electron chi connectivity index (χ2n) is 2.31. The molecule has 0 atom stereocenters.